The summed E-state index contributed by atoms with van der Waals surface area (Å²) in [6.07, 6.45) is 0.163. The first kappa shape index (κ1) is 17.0. The molecule has 0 saturated carbocycles. The number of imide groups is 1. The minimum atomic E-state index is -1.65. The van der Waals surface area contributed by atoms with E-state index in [1.165, 1.54) is 0 Å². The maximum Gasteiger partial charge on any atom is 0.352 e. The maximum absolute atomic E-state index is 11.7. The first-order valence-corrected chi connectivity index (χ1v) is 10.7. The van der Waals surface area contributed by atoms with Gasteiger partial charge in [-0.1, -0.05) is 0 Å². The number of nitrogens with one attached hydrogen (secondary N) is 1. The van der Waals surface area contributed by atoms with Gasteiger partial charge < -0.3 is 14.6 Å². The van der Waals surface area contributed by atoms with Gasteiger partial charge in [0.25, 0.3) is 11.8 Å². The van der Waals surface area contributed by atoms with E-state index < -0.39 is 26.1 Å². The van der Waals surface area contributed by atoms with Crippen molar-refractivity contribution in [2.75, 3.05) is 11.9 Å². The average molecular weight is 336 g/mol. The Morgan fingerprint density at radius 2 is 1.70 bits per heavy atom. The third-order valence-corrected chi connectivity index (χ3v) is 3.76. The predicted octanol–water partition coefficient (Wildman–Crippen LogP) is 1.92. The van der Waals surface area contributed by atoms with Crippen LogP contribution in [0.4, 0.5) is 5.69 Å². The summed E-state index contributed by atoms with van der Waals surface area (Å²) >= 11 is 0. The minimum Gasteiger partial charge on any atom is -0.544 e. The Hall–Kier alpha value is -2.35. The molecule has 1 aromatic carbocycles. The van der Waals surface area contributed by atoms with E-state index in [2.05, 4.69) is 25.0 Å². The van der Waals surface area contributed by atoms with Crippen molar-refractivity contribution in [1.29, 1.82) is 0 Å². The Balaban J connectivity index is 1.82. The van der Waals surface area contributed by atoms with E-state index in [0.29, 0.717) is 10.8 Å². The molecule has 1 aliphatic heterocycles. The zero-order valence-corrected chi connectivity index (χ0v) is 14.4. The highest BCUT2D eigenvalue weighted by Gasteiger charge is 2.32. The summed E-state index contributed by atoms with van der Waals surface area (Å²) in [5, 5.41) is 3.41. The fourth-order valence-corrected chi connectivity index (χ4v) is 2.80. The molecule has 1 heterocycles. The molecule has 0 aromatic heterocycles. The van der Waals surface area contributed by atoms with E-state index in [1.54, 1.807) is 12.1 Å². The molecule has 7 nitrogen and oxygen atoms in total. The Morgan fingerprint density at radius 3 is 2.22 bits per heavy atom. The third-order valence-electron chi connectivity index (χ3n) is 2.91. The van der Waals surface area contributed by atoms with Crippen LogP contribution in [-0.2, 0) is 19.2 Å². The van der Waals surface area contributed by atoms with Crippen LogP contribution in [-0.4, -0.2) is 37.7 Å². The van der Waals surface area contributed by atoms with Crippen LogP contribution in [0.5, 0.6) is 5.75 Å². The molecule has 1 fully saturated rings. The van der Waals surface area contributed by atoms with Gasteiger partial charge in [-0.3, -0.25) is 9.59 Å². The average Bonchev–Trinajstić information content (AvgIpc) is 2.77. The third kappa shape index (κ3) is 5.10. The van der Waals surface area contributed by atoms with Crippen molar-refractivity contribution in [2.24, 2.45) is 0 Å². The highest BCUT2D eigenvalue weighted by Crippen LogP contribution is 2.19. The van der Waals surface area contributed by atoms with E-state index >= 15 is 0 Å². The SMILES string of the molecule is C[Si](C)(C)Oc1ccc(NCC(=O)ON2C(=O)CCC2=O)cc1. The van der Waals surface area contributed by atoms with Gasteiger partial charge in [-0.15, -0.1) is 5.06 Å². The number of benzene rings is 1. The lowest BCUT2D eigenvalue weighted by molar-refractivity contribution is -0.196. The van der Waals surface area contributed by atoms with Gasteiger partial charge in [-0.25, -0.2) is 4.79 Å². The molecule has 1 N–H and O–H groups in total. The number of nitrogens with zero attached hydrogens (tertiary/aromatic N) is 1. The lowest BCUT2D eigenvalue weighted by atomic mass is 10.3. The minimum absolute atomic E-state index is 0.0814. The molecule has 0 unspecified atom stereocenters. The summed E-state index contributed by atoms with van der Waals surface area (Å²) in [5.74, 6) is -0.894. The van der Waals surface area contributed by atoms with E-state index in [-0.39, 0.29) is 19.4 Å². The maximum atomic E-state index is 11.7. The van der Waals surface area contributed by atoms with Gasteiger partial charge >= 0.3 is 5.97 Å². The van der Waals surface area contributed by atoms with Gasteiger partial charge in [0.05, 0.1) is 0 Å². The van der Waals surface area contributed by atoms with Crippen LogP contribution < -0.4 is 9.74 Å². The number of hydrogen-bond donors (Lipinski definition) is 1. The molecule has 0 aliphatic carbocycles. The number of hydroxylamine groups is 2. The Kier molecular flexibility index (Phi) is 5.04. The molecule has 0 atom stereocenters. The zero-order chi connectivity index (χ0) is 17.0. The summed E-state index contributed by atoms with van der Waals surface area (Å²) in [7, 11) is -1.65. The molecule has 2 amide bonds. The van der Waals surface area contributed by atoms with Gasteiger partial charge in [0.1, 0.15) is 12.3 Å². The fraction of sp³-hybridized carbons (Fsp3) is 0.400. The molecule has 1 aromatic rings. The Bertz CT molecular complexity index is 593. The number of anilines is 1. The summed E-state index contributed by atoms with van der Waals surface area (Å²) in [4.78, 5) is 39.1. The van der Waals surface area contributed by atoms with Gasteiger partial charge in [0, 0.05) is 18.5 Å². The summed E-state index contributed by atoms with van der Waals surface area (Å²) < 4.78 is 5.83. The predicted molar refractivity (Wildman–Crippen MR) is 86.1 cm³/mol. The highest BCUT2D eigenvalue weighted by molar-refractivity contribution is 6.70. The van der Waals surface area contributed by atoms with E-state index in [9.17, 15) is 14.4 Å². The van der Waals surface area contributed by atoms with Crippen molar-refractivity contribution in [3.63, 3.8) is 0 Å². The van der Waals surface area contributed by atoms with Crippen LogP contribution >= 0.6 is 0 Å². The fourth-order valence-electron chi connectivity index (χ4n) is 1.96. The van der Waals surface area contributed by atoms with Crippen molar-refractivity contribution in [2.45, 2.75) is 32.5 Å². The molecular weight excluding hydrogens is 316 g/mol. The number of carbonyl (C=O) groups is 3. The molecule has 8 heteroatoms. The van der Waals surface area contributed by atoms with E-state index in [0.717, 1.165) is 5.75 Å². The topological polar surface area (TPSA) is 84.9 Å². The highest BCUT2D eigenvalue weighted by atomic mass is 28.4. The Morgan fingerprint density at radius 1 is 1.13 bits per heavy atom. The van der Waals surface area contributed by atoms with Gasteiger partial charge in [0.2, 0.25) is 8.32 Å². The molecule has 1 saturated heterocycles. The van der Waals surface area contributed by atoms with Gasteiger partial charge in [-0.2, -0.15) is 0 Å². The second-order valence-corrected chi connectivity index (χ2v) is 10.6. The molecule has 23 heavy (non-hydrogen) atoms. The zero-order valence-electron chi connectivity index (χ0n) is 13.4. The second-order valence-electron chi connectivity index (χ2n) is 6.14. The van der Waals surface area contributed by atoms with Crippen LogP contribution in [0.3, 0.4) is 0 Å². The van der Waals surface area contributed by atoms with Crippen molar-refractivity contribution in [3.05, 3.63) is 24.3 Å². The summed E-state index contributed by atoms with van der Waals surface area (Å²) in [6, 6.07) is 7.21. The number of amides is 2. The van der Waals surface area contributed by atoms with Crippen molar-refractivity contribution in [1.82, 2.24) is 5.06 Å². The van der Waals surface area contributed by atoms with Crippen LogP contribution in [0.15, 0.2) is 24.3 Å². The summed E-state index contributed by atoms with van der Waals surface area (Å²) in [6.45, 7) is 6.13. The number of carbonyl (C=O) groups excluding carboxylic acids is 3. The molecule has 0 spiro atoms. The lowest BCUT2D eigenvalue weighted by Crippen LogP contribution is -2.34. The smallest absolute Gasteiger partial charge is 0.352 e. The quantitative estimate of drug-likeness (QED) is 0.631. The number of hydrogen-bond acceptors (Lipinski definition) is 6. The lowest BCUT2D eigenvalue weighted by Gasteiger charge is -2.19. The van der Waals surface area contributed by atoms with E-state index in [4.69, 9.17) is 9.26 Å². The monoisotopic (exact) mass is 336 g/mol. The molecule has 2 rings (SSSR count). The van der Waals surface area contributed by atoms with Crippen molar-refractivity contribution >= 4 is 31.8 Å². The van der Waals surface area contributed by atoms with Crippen LogP contribution in [0.2, 0.25) is 19.6 Å². The van der Waals surface area contributed by atoms with E-state index in [1.807, 2.05) is 12.1 Å². The van der Waals surface area contributed by atoms with Crippen LogP contribution in [0.1, 0.15) is 12.8 Å². The molecular formula is C15H20N2O5Si. The van der Waals surface area contributed by atoms with Crippen LogP contribution in [0, 0.1) is 0 Å². The Labute approximate surface area is 135 Å². The van der Waals surface area contributed by atoms with Gasteiger partial charge in [0.15, 0.2) is 0 Å². The van der Waals surface area contributed by atoms with Gasteiger partial charge in [-0.05, 0) is 43.9 Å². The number of rotatable bonds is 6. The first-order chi connectivity index (χ1) is 10.7. The van der Waals surface area contributed by atoms with Crippen molar-refractivity contribution in [3.8, 4) is 5.75 Å². The molecule has 0 radical (unpaired) electrons. The largest absolute Gasteiger partial charge is 0.544 e. The second kappa shape index (κ2) is 6.82. The standard InChI is InChI=1S/C15H20N2O5Si/c1-23(2,3)22-12-6-4-11(5-7-12)16-10-15(20)21-17-13(18)8-9-14(17)19/h4-7,16H,8-10H2,1-3H3. The van der Waals surface area contributed by atoms with Crippen LogP contribution in [0.25, 0.3) is 0 Å². The molecule has 0 bridgehead atoms. The first-order valence-electron chi connectivity index (χ1n) is 7.34. The normalized spacial score (nSPS) is 14.8. The molecule has 1 aliphatic rings. The molecule has 124 valence electrons. The van der Waals surface area contributed by atoms with Crippen molar-refractivity contribution < 1.29 is 23.6 Å². The summed E-state index contributed by atoms with van der Waals surface area (Å²) in [5.41, 5.74) is 0.712.